The van der Waals surface area contributed by atoms with E-state index >= 15 is 0 Å². The second-order valence-corrected chi connectivity index (χ2v) is 13.0. The lowest BCUT2D eigenvalue weighted by Gasteiger charge is -2.15. The second kappa shape index (κ2) is 13.7. The van der Waals surface area contributed by atoms with Crippen LogP contribution in [0.4, 0.5) is 0 Å². The molecule has 0 radical (unpaired) electrons. The van der Waals surface area contributed by atoms with Crippen molar-refractivity contribution in [1.82, 2.24) is 19.5 Å². The minimum atomic E-state index is 0.460. The number of fused-ring (bicyclic) bond motifs is 3. The van der Waals surface area contributed by atoms with E-state index in [-0.39, 0.29) is 0 Å². The Kier molecular flexibility index (Phi) is 8.18. The van der Waals surface area contributed by atoms with Crippen LogP contribution in [-0.2, 0) is 0 Å². The van der Waals surface area contributed by atoms with Crippen molar-refractivity contribution in [2.45, 2.75) is 0 Å². The summed E-state index contributed by atoms with van der Waals surface area (Å²) in [7, 11) is 0. The van der Waals surface area contributed by atoms with E-state index < -0.39 is 0 Å². The van der Waals surface area contributed by atoms with Crippen LogP contribution in [0.15, 0.2) is 164 Å². The number of nitrogens with zero attached hydrogens (tertiary/aromatic N) is 7. The maximum Gasteiger partial charge on any atom is 0.166 e. The molecule has 0 unspecified atom stereocenters. The lowest BCUT2D eigenvalue weighted by molar-refractivity contribution is 1.06. The molecule has 0 atom stereocenters. The van der Waals surface area contributed by atoms with Gasteiger partial charge in [-0.05, 0) is 76.9 Å². The minimum absolute atomic E-state index is 0.460. The van der Waals surface area contributed by atoms with Gasteiger partial charge in [-0.15, -0.1) is 0 Å². The van der Waals surface area contributed by atoms with Crippen molar-refractivity contribution in [2.24, 2.45) is 0 Å². The van der Waals surface area contributed by atoms with Crippen molar-refractivity contribution in [3.8, 4) is 80.3 Å². The van der Waals surface area contributed by atoms with Gasteiger partial charge in [0, 0.05) is 27.5 Å². The van der Waals surface area contributed by atoms with Gasteiger partial charge in [-0.3, -0.25) is 0 Å². The average Bonchev–Trinajstić information content (AvgIpc) is 3.59. The highest BCUT2D eigenvalue weighted by Gasteiger charge is 2.21. The fourth-order valence-corrected chi connectivity index (χ4v) is 7.19. The largest absolute Gasteiger partial charge is 0.308 e. The molecule has 9 aromatic rings. The highest BCUT2D eigenvalue weighted by molar-refractivity contribution is 6.12. The van der Waals surface area contributed by atoms with E-state index in [9.17, 15) is 15.8 Å². The first kappa shape index (κ1) is 32.7. The first-order chi connectivity index (χ1) is 27.1. The first-order valence-electron chi connectivity index (χ1n) is 17.6. The number of aromatic nitrogens is 4. The summed E-state index contributed by atoms with van der Waals surface area (Å²) in [6, 6.07) is 59.8. The lowest BCUT2D eigenvalue weighted by atomic mass is 9.96. The van der Waals surface area contributed by atoms with Crippen LogP contribution < -0.4 is 0 Å². The van der Waals surface area contributed by atoms with Gasteiger partial charge in [-0.25, -0.2) is 15.0 Å². The molecule has 7 aromatic carbocycles. The van der Waals surface area contributed by atoms with Gasteiger partial charge in [-0.1, -0.05) is 109 Å². The number of nitriles is 3. The van der Waals surface area contributed by atoms with Gasteiger partial charge in [0.05, 0.1) is 51.6 Å². The van der Waals surface area contributed by atoms with Crippen LogP contribution >= 0.6 is 0 Å². The summed E-state index contributed by atoms with van der Waals surface area (Å²) in [6.07, 6.45) is 0. The van der Waals surface area contributed by atoms with Crippen molar-refractivity contribution < 1.29 is 0 Å². The summed E-state index contributed by atoms with van der Waals surface area (Å²) < 4.78 is 2.15. The van der Waals surface area contributed by atoms with Crippen LogP contribution in [0.3, 0.4) is 0 Å². The summed E-state index contributed by atoms with van der Waals surface area (Å²) in [4.78, 5) is 15.0. The molecule has 55 heavy (non-hydrogen) atoms. The lowest BCUT2D eigenvalue weighted by Crippen LogP contribution is -2.04. The fraction of sp³-hybridized carbons (Fsp3) is 0. The van der Waals surface area contributed by atoms with Crippen LogP contribution in [0.5, 0.6) is 0 Å². The SMILES string of the molecule is N#Cc1ccc(-c2nc(-c3ccccc3)nc(-c3ccccc3)n2)c(-n2c3ccc(-c4ccccc4C#N)cc3c3cc(-c4ccccc4C#N)ccc32)c1. The van der Waals surface area contributed by atoms with E-state index in [1.54, 1.807) is 6.07 Å². The van der Waals surface area contributed by atoms with Crippen LogP contribution in [0.25, 0.3) is 83.9 Å². The van der Waals surface area contributed by atoms with Gasteiger partial charge in [0.1, 0.15) is 0 Å². The van der Waals surface area contributed by atoms with Crippen molar-refractivity contribution in [1.29, 1.82) is 15.8 Å². The number of rotatable bonds is 6. The predicted molar refractivity (Wildman–Crippen MR) is 215 cm³/mol. The Bertz CT molecular complexity index is 2900. The summed E-state index contributed by atoms with van der Waals surface area (Å²) in [5, 5.41) is 32.0. The van der Waals surface area contributed by atoms with E-state index in [4.69, 9.17) is 15.0 Å². The molecule has 254 valence electrons. The minimum Gasteiger partial charge on any atom is -0.308 e. The number of benzene rings is 7. The Hall–Kier alpha value is -8.18. The van der Waals surface area contributed by atoms with Gasteiger partial charge < -0.3 is 4.57 Å². The molecule has 0 saturated carbocycles. The third-order valence-corrected chi connectivity index (χ3v) is 9.79. The van der Waals surface area contributed by atoms with Gasteiger partial charge in [-0.2, -0.15) is 15.8 Å². The van der Waals surface area contributed by atoms with Crippen LogP contribution in [0.2, 0.25) is 0 Å². The molecule has 2 aromatic heterocycles. The summed E-state index contributed by atoms with van der Waals surface area (Å²) >= 11 is 0. The third kappa shape index (κ3) is 5.83. The third-order valence-electron chi connectivity index (χ3n) is 9.79. The molecule has 0 aliphatic heterocycles. The zero-order chi connectivity index (χ0) is 37.3. The molecule has 7 heteroatoms. The summed E-state index contributed by atoms with van der Waals surface area (Å²) in [5.74, 6) is 1.52. The Labute approximate surface area is 316 Å². The normalized spacial score (nSPS) is 10.9. The van der Waals surface area contributed by atoms with Crippen molar-refractivity contribution in [3.63, 3.8) is 0 Å². The number of hydrogen-bond donors (Lipinski definition) is 0. The molecule has 0 amide bonds. The number of hydrogen-bond acceptors (Lipinski definition) is 6. The van der Waals surface area contributed by atoms with Crippen molar-refractivity contribution >= 4 is 21.8 Å². The molecule has 7 nitrogen and oxygen atoms in total. The van der Waals surface area contributed by atoms with E-state index in [0.717, 1.165) is 60.9 Å². The van der Waals surface area contributed by atoms with Crippen molar-refractivity contribution in [3.05, 3.63) is 180 Å². The highest BCUT2D eigenvalue weighted by Crippen LogP contribution is 2.40. The van der Waals surface area contributed by atoms with E-state index in [1.165, 1.54) is 0 Å². The Morgan fingerprint density at radius 3 is 1.35 bits per heavy atom. The summed E-state index contributed by atoms with van der Waals surface area (Å²) in [5.41, 5.74) is 10.0. The molecule has 2 heterocycles. The topological polar surface area (TPSA) is 115 Å². The van der Waals surface area contributed by atoms with E-state index in [1.807, 2.05) is 133 Å². The van der Waals surface area contributed by atoms with Crippen molar-refractivity contribution in [2.75, 3.05) is 0 Å². The quantitative estimate of drug-likeness (QED) is 0.170. The zero-order valence-electron chi connectivity index (χ0n) is 29.2. The molecule has 0 aliphatic rings. The second-order valence-electron chi connectivity index (χ2n) is 13.0. The van der Waals surface area contributed by atoms with Gasteiger partial charge in [0.2, 0.25) is 0 Å². The Balaban J connectivity index is 1.35. The fourth-order valence-electron chi connectivity index (χ4n) is 7.19. The molecule has 0 fully saturated rings. The van der Waals surface area contributed by atoms with Gasteiger partial charge in [0.15, 0.2) is 17.5 Å². The Morgan fingerprint density at radius 1 is 0.382 bits per heavy atom. The first-order valence-corrected chi connectivity index (χ1v) is 17.6. The van der Waals surface area contributed by atoms with E-state index in [2.05, 4.69) is 47.0 Å². The molecule has 9 rings (SSSR count). The summed E-state index contributed by atoms with van der Waals surface area (Å²) in [6.45, 7) is 0. The maximum atomic E-state index is 10.2. The monoisotopic (exact) mass is 701 g/mol. The Morgan fingerprint density at radius 2 is 0.855 bits per heavy atom. The zero-order valence-corrected chi connectivity index (χ0v) is 29.2. The van der Waals surface area contributed by atoms with Crippen LogP contribution in [0, 0.1) is 34.0 Å². The molecule has 0 spiro atoms. The predicted octanol–water partition coefficient (Wildman–Crippen LogP) is 10.9. The molecule has 0 bridgehead atoms. The molecular weight excluding hydrogens is 675 g/mol. The maximum absolute atomic E-state index is 10.2. The molecule has 0 N–H and O–H groups in total. The van der Waals surface area contributed by atoms with Gasteiger partial charge in [0.25, 0.3) is 0 Å². The molecule has 0 aliphatic carbocycles. The smallest absolute Gasteiger partial charge is 0.166 e. The van der Waals surface area contributed by atoms with Gasteiger partial charge >= 0.3 is 0 Å². The standard InChI is InChI=1S/C48H27N7/c49-28-31-19-22-40(48-53-46(32-11-3-1-4-12-32)52-47(54-48)33-13-5-2-6-14-33)45(25-31)55-43-23-20-34(38-17-9-7-15-36(38)29-50)26-41(43)42-27-35(21-24-44(42)55)39-18-10-8-16-37(39)30-51/h1-27H. The average molecular weight is 702 g/mol. The highest BCUT2D eigenvalue weighted by atomic mass is 15.1. The van der Waals surface area contributed by atoms with Crippen LogP contribution in [-0.4, -0.2) is 19.5 Å². The molecule has 0 saturated heterocycles. The van der Waals surface area contributed by atoms with E-state index in [0.29, 0.717) is 39.7 Å². The van der Waals surface area contributed by atoms with Crippen LogP contribution in [0.1, 0.15) is 16.7 Å². The molecular formula is C48H27N7.